The third-order valence-corrected chi connectivity index (χ3v) is 7.86. The van der Waals surface area contributed by atoms with E-state index >= 15 is 0 Å². The van der Waals surface area contributed by atoms with Crippen LogP contribution in [0.1, 0.15) is 11.4 Å². The molecule has 5 heteroatoms. The third-order valence-electron chi connectivity index (χ3n) is 7.86. The van der Waals surface area contributed by atoms with E-state index in [-0.39, 0.29) is 11.4 Å². The highest BCUT2D eigenvalue weighted by molar-refractivity contribution is 6.35. The minimum atomic E-state index is 0.0136. The molecule has 0 radical (unpaired) electrons. The molecule has 0 unspecified atom stereocenters. The van der Waals surface area contributed by atoms with Crippen LogP contribution in [0.15, 0.2) is 115 Å². The molecule has 8 aromatic rings. The van der Waals surface area contributed by atoms with Crippen LogP contribution in [-0.2, 0) is 0 Å². The molecule has 0 aliphatic heterocycles. The predicted molar refractivity (Wildman–Crippen MR) is 163 cm³/mol. The van der Waals surface area contributed by atoms with Gasteiger partial charge in [-0.05, 0) is 38.7 Å². The molecule has 0 amide bonds. The van der Waals surface area contributed by atoms with E-state index in [1.54, 1.807) is 0 Å². The maximum absolute atomic E-state index is 9.96. The standard InChI is InChI=1S/C36H19N5/c37-20-29-30(21-38)40-36-34(39-29)32-26-17-9-7-15-24(26)25-16-8-10-18-27(25)33(32)35-28(22-11-3-1-4-12-22)19-31(41(35)36)23-13-5-2-6-14-23/h1-19H. The second-order valence-corrected chi connectivity index (χ2v) is 10.0. The van der Waals surface area contributed by atoms with Gasteiger partial charge in [-0.2, -0.15) is 10.5 Å². The van der Waals surface area contributed by atoms with Crippen LogP contribution in [-0.4, -0.2) is 14.4 Å². The minimum absolute atomic E-state index is 0.0136. The van der Waals surface area contributed by atoms with E-state index in [1.807, 2.05) is 48.5 Å². The normalized spacial score (nSPS) is 11.4. The fourth-order valence-corrected chi connectivity index (χ4v) is 6.18. The summed E-state index contributed by atoms with van der Waals surface area (Å²) in [4.78, 5) is 9.69. The molecule has 5 nitrogen and oxygen atoms in total. The molecule has 0 spiro atoms. The summed E-state index contributed by atoms with van der Waals surface area (Å²) in [6.45, 7) is 0. The largest absolute Gasteiger partial charge is 0.291 e. The lowest BCUT2D eigenvalue weighted by atomic mass is 9.92. The first-order valence-electron chi connectivity index (χ1n) is 13.3. The van der Waals surface area contributed by atoms with Crippen LogP contribution >= 0.6 is 0 Å². The Hall–Kier alpha value is -6.04. The van der Waals surface area contributed by atoms with Crippen molar-refractivity contribution in [3.8, 4) is 34.5 Å². The Morgan fingerprint density at radius 3 is 1.66 bits per heavy atom. The quantitative estimate of drug-likeness (QED) is 0.214. The number of aromatic nitrogens is 3. The summed E-state index contributed by atoms with van der Waals surface area (Å²) in [5, 5.41) is 26.2. The van der Waals surface area contributed by atoms with Gasteiger partial charge in [0.05, 0.1) is 11.2 Å². The van der Waals surface area contributed by atoms with Crippen molar-refractivity contribution in [3.63, 3.8) is 0 Å². The van der Waals surface area contributed by atoms with Gasteiger partial charge in [0, 0.05) is 16.3 Å². The Balaban J connectivity index is 1.78. The fourth-order valence-electron chi connectivity index (χ4n) is 6.18. The highest BCUT2D eigenvalue weighted by Crippen LogP contribution is 2.45. The molecule has 0 saturated carbocycles. The van der Waals surface area contributed by atoms with Crippen molar-refractivity contribution < 1.29 is 0 Å². The van der Waals surface area contributed by atoms with Gasteiger partial charge in [0.2, 0.25) is 0 Å². The molecule has 0 bridgehead atoms. The van der Waals surface area contributed by atoms with Gasteiger partial charge < -0.3 is 0 Å². The van der Waals surface area contributed by atoms with E-state index in [0.717, 1.165) is 60.2 Å². The highest BCUT2D eigenvalue weighted by atomic mass is 15.0. The molecule has 0 aliphatic carbocycles. The molecule has 188 valence electrons. The number of hydrogen-bond donors (Lipinski definition) is 0. The van der Waals surface area contributed by atoms with E-state index in [1.165, 1.54) is 0 Å². The lowest BCUT2D eigenvalue weighted by molar-refractivity contribution is 1.14. The fraction of sp³-hybridized carbons (Fsp3) is 0. The number of benzene rings is 5. The number of pyridine rings is 1. The Labute approximate surface area is 234 Å². The number of fused-ring (bicyclic) bond motifs is 11. The maximum atomic E-state index is 9.96. The van der Waals surface area contributed by atoms with Crippen molar-refractivity contribution in [3.05, 3.63) is 127 Å². The zero-order valence-corrected chi connectivity index (χ0v) is 21.7. The van der Waals surface area contributed by atoms with E-state index in [0.29, 0.717) is 11.2 Å². The average Bonchev–Trinajstić information content (AvgIpc) is 3.45. The van der Waals surface area contributed by atoms with Crippen LogP contribution in [0.3, 0.4) is 0 Å². The molecule has 8 rings (SSSR count). The average molecular weight is 522 g/mol. The zero-order valence-electron chi connectivity index (χ0n) is 21.7. The molecule has 0 fully saturated rings. The van der Waals surface area contributed by atoms with E-state index in [4.69, 9.17) is 9.97 Å². The molecule has 3 heterocycles. The van der Waals surface area contributed by atoms with Gasteiger partial charge in [-0.25, -0.2) is 9.97 Å². The van der Waals surface area contributed by atoms with Crippen LogP contribution < -0.4 is 0 Å². The Morgan fingerprint density at radius 1 is 0.537 bits per heavy atom. The Morgan fingerprint density at radius 2 is 1.05 bits per heavy atom. The summed E-state index contributed by atoms with van der Waals surface area (Å²) < 4.78 is 2.13. The van der Waals surface area contributed by atoms with Crippen molar-refractivity contribution >= 4 is 49.0 Å². The summed E-state index contributed by atoms with van der Waals surface area (Å²) in [7, 11) is 0. The molecule has 0 saturated heterocycles. The van der Waals surface area contributed by atoms with E-state index in [2.05, 4.69) is 83.3 Å². The Bertz CT molecular complexity index is 2430. The Kier molecular flexibility index (Phi) is 4.88. The number of hydrogen-bond acceptors (Lipinski definition) is 4. The maximum Gasteiger partial charge on any atom is 0.179 e. The lowest BCUT2D eigenvalue weighted by Gasteiger charge is -2.17. The first-order valence-corrected chi connectivity index (χ1v) is 13.3. The van der Waals surface area contributed by atoms with Crippen LogP contribution in [0.4, 0.5) is 0 Å². The van der Waals surface area contributed by atoms with Gasteiger partial charge in [0.25, 0.3) is 0 Å². The molecule has 0 aliphatic rings. The van der Waals surface area contributed by atoms with Crippen molar-refractivity contribution in [1.82, 2.24) is 14.4 Å². The van der Waals surface area contributed by atoms with Crippen LogP contribution in [0.2, 0.25) is 0 Å². The van der Waals surface area contributed by atoms with Crippen molar-refractivity contribution in [2.24, 2.45) is 0 Å². The second-order valence-electron chi connectivity index (χ2n) is 10.0. The monoisotopic (exact) mass is 521 g/mol. The number of nitriles is 2. The predicted octanol–water partition coefficient (Wildman–Crippen LogP) is 8.42. The smallest absolute Gasteiger partial charge is 0.179 e. The van der Waals surface area contributed by atoms with Crippen LogP contribution in [0, 0.1) is 22.7 Å². The van der Waals surface area contributed by atoms with Gasteiger partial charge in [-0.15, -0.1) is 0 Å². The molecular weight excluding hydrogens is 502 g/mol. The van der Waals surface area contributed by atoms with Gasteiger partial charge in [-0.1, -0.05) is 109 Å². The van der Waals surface area contributed by atoms with Crippen molar-refractivity contribution in [2.45, 2.75) is 0 Å². The highest BCUT2D eigenvalue weighted by Gasteiger charge is 2.24. The molecule has 0 N–H and O–H groups in total. The van der Waals surface area contributed by atoms with Crippen LogP contribution in [0.25, 0.3) is 71.4 Å². The van der Waals surface area contributed by atoms with E-state index < -0.39 is 0 Å². The first-order chi connectivity index (χ1) is 20.3. The molecule has 0 atom stereocenters. The van der Waals surface area contributed by atoms with E-state index in [9.17, 15) is 10.5 Å². The summed E-state index contributed by atoms with van der Waals surface area (Å²) in [6.07, 6.45) is 0. The topological polar surface area (TPSA) is 77.8 Å². The van der Waals surface area contributed by atoms with Gasteiger partial charge >= 0.3 is 0 Å². The number of nitrogens with zero attached hydrogens (tertiary/aromatic N) is 5. The lowest BCUT2D eigenvalue weighted by Crippen LogP contribution is -2.03. The molecular formula is C36H19N5. The van der Waals surface area contributed by atoms with Gasteiger partial charge in [-0.3, -0.25) is 4.40 Å². The SMILES string of the molecule is N#Cc1nc2c3c4ccccc4c4ccccc4c3c3c(-c4ccccc4)cc(-c4ccccc4)n3c2nc1C#N. The summed E-state index contributed by atoms with van der Waals surface area (Å²) in [6, 6.07) is 43.7. The second kappa shape index (κ2) is 8.74. The van der Waals surface area contributed by atoms with Crippen LogP contribution in [0.5, 0.6) is 0 Å². The summed E-state index contributed by atoms with van der Waals surface area (Å²) >= 11 is 0. The first kappa shape index (κ1) is 22.9. The number of rotatable bonds is 2. The molecule has 5 aromatic carbocycles. The van der Waals surface area contributed by atoms with Crippen molar-refractivity contribution in [2.75, 3.05) is 0 Å². The molecule has 3 aromatic heterocycles. The van der Waals surface area contributed by atoms with Gasteiger partial charge in [0.15, 0.2) is 17.0 Å². The minimum Gasteiger partial charge on any atom is -0.291 e. The van der Waals surface area contributed by atoms with Gasteiger partial charge in [0.1, 0.15) is 17.7 Å². The third kappa shape index (κ3) is 3.21. The van der Waals surface area contributed by atoms with Crippen molar-refractivity contribution in [1.29, 1.82) is 10.5 Å². The summed E-state index contributed by atoms with van der Waals surface area (Å²) in [5.41, 5.74) is 6.25. The summed E-state index contributed by atoms with van der Waals surface area (Å²) in [5.74, 6) is 0. The zero-order chi connectivity index (χ0) is 27.5. The molecule has 41 heavy (non-hydrogen) atoms.